The van der Waals surface area contributed by atoms with Crippen LogP contribution in [0.15, 0.2) is 53.4 Å². The van der Waals surface area contributed by atoms with Crippen molar-refractivity contribution in [1.82, 2.24) is 9.97 Å². The Morgan fingerprint density at radius 1 is 0.714 bits per heavy atom. The van der Waals surface area contributed by atoms with Crippen LogP contribution in [0.25, 0.3) is 22.1 Å². The van der Waals surface area contributed by atoms with Crippen LogP contribution in [-0.4, -0.2) is 25.5 Å². The van der Waals surface area contributed by atoms with E-state index in [2.05, 4.69) is 56.2 Å². The first-order valence-corrected chi connectivity index (χ1v) is 13.4. The summed E-state index contributed by atoms with van der Waals surface area (Å²) in [7, 11) is -2.22. The minimum Gasteiger partial charge on any atom is -0.497 e. The standard InChI is InChI=1S/C28H33N3O3S/c1-16(2)21-10-13-26(28(18(5)6)27(21)17(3)4)35(32,33)31-19-8-11-22-24(14-19)30-25-15-20(34-7)9-12-23(25)29-22/h8-18,31H,1-7H3. The van der Waals surface area contributed by atoms with Gasteiger partial charge in [-0.1, -0.05) is 47.6 Å². The predicted molar refractivity (Wildman–Crippen MR) is 143 cm³/mol. The number of hydrogen-bond acceptors (Lipinski definition) is 5. The molecule has 0 aliphatic carbocycles. The second-order valence-corrected chi connectivity index (χ2v) is 11.5. The number of methoxy groups -OCH3 is 1. The van der Waals surface area contributed by atoms with Crippen LogP contribution < -0.4 is 9.46 Å². The number of ether oxygens (including phenoxy) is 1. The lowest BCUT2D eigenvalue weighted by atomic mass is 9.83. The predicted octanol–water partition coefficient (Wildman–Crippen LogP) is 6.96. The third-order valence-electron chi connectivity index (χ3n) is 6.24. The maximum Gasteiger partial charge on any atom is 0.262 e. The molecule has 35 heavy (non-hydrogen) atoms. The Hall–Kier alpha value is -3.19. The number of aromatic nitrogens is 2. The van der Waals surface area contributed by atoms with Crippen molar-refractivity contribution in [3.8, 4) is 5.75 Å². The summed E-state index contributed by atoms with van der Waals surface area (Å²) in [5.74, 6) is 1.26. The average Bonchev–Trinajstić information content (AvgIpc) is 2.80. The van der Waals surface area contributed by atoms with Gasteiger partial charge in [-0.15, -0.1) is 0 Å². The molecule has 4 rings (SSSR count). The van der Waals surface area contributed by atoms with Crippen LogP contribution in [0.3, 0.4) is 0 Å². The summed E-state index contributed by atoms with van der Waals surface area (Å²) in [6, 6.07) is 14.5. The molecule has 184 valence electrons. The summed E-state index contributed by atoms with van der Waals surface area (Å²) in [5.41, 5.74) is 6.39. The molecule has 1 N–H and O–H groups in total. The Labute approximate surface area is 207 Å². The van der Waals surface area contributed by atoms with E-state index in [1.165, 1.54) is 5.56 Å². The monoisotopic (exact) mass is 491 g/mol. The molecule has 1 heterocycles. The van der Waals surface area contributed by atoms with Gasteiger partial charge in [0.05, 0.1) is 39.8 Å². The van der Waals surface area contributed by atoms with E-state index in [9.17, 15) is 8.42 Å². The molecule has 0 radical (unpaired) electrons. The minimum atomic E-state index is -3.83. The highest BCUT2D eigenvalue weighted by Gasteiger charge is 2.27. The van der Waals surface area contributed by atoms with Crippen LogP contribution in [0.4, 0.5) is 5.69 Å². The van der Waals surface area contributed by atoms with Crippen molar-refractivity contribution in [2.45, 2.75) is 64.2 Å². The van der Waals surface area contributed by atoms with Crippen molar-refractivity contribution >= 4 is 37.8 Å². The number of benzene rings is 3. The Bertz CT molecular complexity index is 1510. The Balaban J connectivity index is 1.80. The van der Waals surface area contributed by atoms with Gasteiger partial charge in [0.25, 0.3) is 10.0 Å². The number of anilines is 1. The second-order valence-electron chi connectivity index (χ2n) is 9.83. The van der Waals surface area contributed by atoms with E-state index < -0.39 is 10.0 Å². The molecule has 6 nitrogen and oxygen atoms in total. The molecule has 0 saturated heterocycles. The number of rotatable bonds is 7. The lowest BCUT2D eigenvalue weighted by Crippen LogP contribution is -2.18. The van der Waals surface area contributed by atoms with E-state index in [-0.39, 0.29) is 11.8 Å². The fraction of sp³-hybridized carbons (Fsp3) is 0.357. The topological polar surface area (TPSA) is 81.2 Å². The maximum absolute atomic E-state index is 13.7. The molecular weight excluding hydrogens is 458 g/mol. The quantitative estimate of drug-likeness (QED) is 0.283. The molecule has 0 atom stereocenters. The van der Waals surface area contributed by atoms with Crippen molar-refractivity contribution in [3.05, 3.63) is 65.2 Å². The van der Waals surface area contributed by atoms with E-state index in [4.69, 9.17) is 4.74 Å². The molecule has 7 heteroatoms. The molecule has 0 aliphatic heterocycles. The van der Waals surface area contributed by atoms with Gasteiger partial charge in [-0.25, -0.2) is 18.4 Å². The molecule has 0 fully saturated rings. The third-order valence-corrected chi connectivity index (χ3v) is 7.68. The molecular formula is C28H33N3O3S. The highest BCUT2D eigenvalue weighted by Crippen LogP contribution is 2.38. The number of nitrogens with one attached hydrogen (secondary N) is 1. The lowest BCUT2D eigenvalue weighted by Gasteiger charge is -2.25. The molecule has 4 aromatic rings. The molecule has 0 aliphatic rings. The van der Waals surface area contributed by atoms with Gasteiger partial charge in [-0.3, -0.25) is 4.72 Å². The maximum atomic E-state index is 13.7. The number of nitrogens with zero attached hydrogens (tertiary/aromatic N) is 2. The van der Waals surface area contributed by atoms with Crippen LogP contribution in [0, 0.1) is 0 Å². The van der Waals surface area contributed by atoms with E-state index in [0.717, 1.165) is 16.6 Å². The summed E-state index contributed by atoms with van der Waals surface area (Å²) in [5, 5.41) is 0. The highest BCUT2D eigenvalue weighted by molar-refractivity contribution is 7.92. The van der Waals surface area contributed by atoms with Gasteiger partial charge in [0, 0.05) is 6.07 Å². The zero-order valence-corrected chi connectivity index (χ0v) is 22.2. The molecule has 0 spiro atoms. The Kier molecular flexibility index (Phi) is 6.73. The van der Waals surface area contributed by atoms with Crippen molar-refractivity contribution in [2.75, 3.05) is 11.8 Å². The van der Waals surface area contributed by atoms with Gasteiger partial charge in [-0.05, 0) is 70.8 Å². The van der Waals surface area contributed by atoms with Gasteiger partial charge in [-0.2, -0.15) is 0 Å². The Morgan fingerprint density at radius 3 is 1.91 bits per heavy atom. The average molecular weight is 492 g/mol. The van der Waals surface area contributed by atoms with Crippen LogP contribution >= 0.6 is 0 Å². The number of fused-ring (bicyclic) bond motifs is 2. The van der Waals surface area contributed by atoms with E-state index >= 15 is 0 Å². The van der Waals surface area contributed by atoms with Gasteiger partial charge in [0.1, 0.15) is 5.75 Å². The van der Waals surface area contributed by atoms with Crippen molar-refractivity contribution in [1.29, 1.82) is 0 Å². The zero-order valence-electron chi connectivity index (χ0n) is 21.4. The van der Waals surface area contributed by atoms with Crippen LogP contribution in [0.5, 0.6) is 5.75 Å². The first-order valence-electron chi connectivity index (χ1n) is 12.0. The normalized spacial score (nSPS) is 12.3. The van der Waals surface area contributed by atoms with Gasteiger partial charge >= 0.3 is 0 Å². The van der Waals surface area contributed by atoms with Crippen LogP contribution in [-0.2, 0) is 10.0 Å². The van der Waals surface area contributed by atoms with E-state index in [1.54, 1.807) is 31.4 Å². The van der Waals surface area contributed by atoms with E-state index in [1.807, 2.05) is 24.3 Å². The summed E-state index contributed by atoms with van der Waals surface area (Å²) in [6.45, 7) is 12.6. The second kappa shape index (κ2) is 9.46. The summed E-state index contributed by atoms with van der Waals surface area (Å²) >= 11 is 0. The first-order chi connectivity index (χ1) is 16.5. The highest BCUT2D eigenvalue weighted by atomic mass is 32.2. The van der Waals surface area contributed by atoms with Crippen LogP contribution in [0.2, 0.25) is 0 Å². The molecule has 0 amide bonds. The fourth-order valence-corrected chi connectivity index (χ4v) is 6.10. The fourth-order valence-electron chi connectivity index (χ4n) is 4.67. The zero-order chi connectivity index (χ0) is 25.5. The molecule has 3 aromatic carbocycles. The summed E-state index contributed by atoms with van der Waals surface area (Å²) in [4.78, 5) is 9.66. The van der Waals surface area contributed by atoms with Crippen molar-refractivity contribution in [2.24, 2.45) is 0 Å². The largest absolute Gasteiger partial charge is 0.497 e. The molecule has 0 saturated carbocycles. The van der Waals surface area contributed by atoms with E-state index in [0.29, 0.717) is 38.8 Å². The van der Waals surface area contributed by atoms with Crippen molar-refractivity contribution in [3.63, 3.8) is 0 Å². The van der Waals surface area contributed by atoms with Gasteiger partial charge < -0.3 is 4.74 Å². The van der Waals surface area contributed by atoms with Crippen LogP contribution in [0.1, 0.15) is 76.0 Å². The summed E-state index contributed by atoms with van der Waals surface area (Å²) < 4.78 is 35.4. The third kappa shape index (κ3) is 4.82. The first kappa shape index (κ1) is 24.9. The van der Waals surface area contributed by atoms with Gasteiger partial charge in [0.15, 0.2) is 0 Å². The minimum absolute atomic E-state index is 0.0569. The SMILES string of the molecule is COc1ccc2nc3ccc(NS(=O)(=O)c4ccc(C(C)C)c(C(C)C)c4C(C)C)cc3nc2c1. The van der Waals surface area contributed by atoms with Crippen molar-refractivity contribution < 1.29 is 13.2 Å². The summed E-state index contributed by atoms with van der Waals surface area (Å²) in [6.07, 6.45) is 0. The molecule has 1 aromatic heterocycles. The van der Waals surface area contributed by atoms with Gasteiger partial charge in [0.2, 0.25) is 0 Å². The smallest absolute Gasteiger partial charge is 0.262 e. The molecule has 0 bridgehead atoms. The number of hydrogen-bond donors (Lipinski definition) is 1. The molecule has 0 unspecified atom stereocenters. The Morgan fingerprint density at radius 2 is 1.31 bits per heavy atom. The lowest BCUT2D eigenvalue weighted by molar-refractivity contribution is 0.415. The number of sulfonamides is 1.